The molecule has 2 heterocycles. The van der Waals surface area contributed by atoms with Crippen LogP contribution in [0, 0.1) is 0 Å². The van der Waals surface area contributed by atoms with Crippen LogP contribution in [0.3, 0.4) is 0 Å². The van der Waals surface area contributed by atoms with Gasteiger partial charge in [-0.2, -0.15) is 0 Å². The van der Waals surface area contributed by atoms with E-state index < -0.39 is 0 Å². The highest BCUT2D eigenvalue weighted by molar-refractivity contribution is 8.18. The van der Waals surface area contributed by atoms with Crippen molar-refractivity contribution in [2.45, 2.75) is 19.3 Å². The third-order valence-electron chi connectivity index (χ3n) is 5.09. The molecule has 0 aromatic heterocycles. The second kappa shape index (κ2) is 9.26. The summed E-state index contributed by atoms with van der Waals surface area (Å²) in [5.74, 6) is 0.879. The molecule has 0 bridgehead atoms. The predicted molar refractivity (Wildman–Crippen MR) is 118 cm³/mol. The Morgan fingerprint density at radius 2 is 1.94 bits per heavy atom. The first-order valence-corrected chi connectivity index (χ1v) is 10.8. The number of thioether (sulfide) groups is 1. The summed E-state index contributed by atoms with van der Waals surface area (Å²) in [5, 5.41) is 2.46. The monoisotopic (exact) mass is 438 g/mol. The number of imide groups is 1. The predicted octanol–water partition coefficient (Wildman–Crippen LogP) is 3.76. The van der Waals surface area contributed by atoms with E-state index in [1.165, 1.54) is 0 Å². The number of amides is 3. The van der Waals surface area contributed by atoms with Crippen LogP contribution in [0.15, 0.2) is 53.4 Å². The van der Waals surface area contributed by atoms with Gasteiger partial charge in [-0.1, -0.05) is 43.3 Å². The molecule has 4 rings (SSSR count). The highest BCUT2D eigenvalue weighted by Gasteiger charge is 2.34. The molecule has 2 aliphatic rings. The number of carbonyl (C=O) groups excluding carboxylic acids is 3. The topological polar surface area (TPSA) is 84.9 Å². The van der Waals surface area contributed by atoms with E-state index in [1.807, 2.05) is 37.3 Å². The first-order chi connectivity index (χ1) is 15.0. The summed E-state index contributed by atoms with van der Waals surface area (Å²) in [5.41, 5.74) is 1.84. The van der Waals surface area contributed by atoms with Gasteiger partial charge in [0.1, 0.15) is 0 Å². The minimum absolute atomic E-state index is 0.0862. The molecule has 0 saturated carbocycles. The molecular weight excluding hydrogens is 416 g/mol. The first-order valence-electron chi connectivity index (χ1n) is 9.98. The van der Waals surface area contributed by atoms with Crippen LogP contribution >= 0.6 is 11.8 Å². The number of benzene rings is 2. The molecular formula is C23H22N2O5S. The van der Waals surface area contributed by atoms with E-state index in [9.17, 15) is 14.4 Å². The zero-order valence-electron chi connectivity index (χ0n) is 17.0. The SMILES string of the molecule is CC(CC(=O)NCCN1C(=O)S/C(=C\c2ccc3c(c2)OCO3)C1=O)c1ccccc1. The molecule has 1 N–H and O–H groups in total. The summed E-state index contributed by atoms with van der Waals surface area (Å²) in [7, 11) is 0. The molecule has 2 aromatic carbocycles. The number of carbonyl (C=O) groups is 3. The maximum absolute atomic E-state index is 12.6. The van der Waals surface area contributed by atoms with Crippen LogP contribution in [0.25, 0.3) is 6.08 Å². The minimum atomic E-state index is -0.362. The fourth-order valence-corrected chi connectivity index (χ4v) is 4.27. The van der Waals surface area contributed by atoms with Gasteiger partial charge in [-0.15, -0.1) is 0 Å². The fraction of sp³-hybridized carbons (Fsp3) is 0.261. The molecule has 8 heteroatoms. The summed E-state index contributed by atoms with van der Waals surface area (Å²) >= 11 is 0.890. The number of ether oxygens (including phenoxy) is 2. The van der Waals surface area contributed by atoms with Crippen molar-refractivity contribution in [1.82, 2.24) is 10.2 Å². The lowest BCUT2D eigenvalue weighted by molar-refractivity contribution is -0.124. The van der Waals surface area contributed by atoms with Crippen molar-refractivity contribution < 1.29 is 23.9 Å². The smallest absolute Gasteiger partial charge is 0.293 e. The Morgan fingerprint density at radius 1 is 1.16 bits per heavy atom. The van der Waals surface area contributed by atoms with Gasteiger partial charge in [-0.3, -0.25) is 19.3 Å². The molecule has 2 aromatic rings. The molecule has 2 aliphatic heterocycles. The quantitative estimate of drug-likeness (QED) is 0.663. The third kappa shape index (κ3) is 4.91. The van der Waals surface area contributed by atoms with E-state index in [2.05, 4.69) is 5.32 Å². The van der Waals surface area contributed by atoms with Gasteiger partial charge in [-0.25, -0.2) is 0 Å². The molecule has 1 fully saturated rings. The van der Waals surface area contributed by atoms with Gasteiger partial charge in [0.2, 0.25) is 12.7 Å². The Hall–Kier alpha value is -3.26. The number of nitrogens with zero attached hydrogens (tertiary/aromatic N) is 1. The Labute approximate surface area is 184 Å². The average molecular weight is 439 g/mol. The maximum Gasteiger partial charge on any atom is 0.293 e. The summed E-state index contributed by atoms with van der Waals surface area (Å²) in [6.07, 6.45) is 2.00. The van der Waals surface area contributed by atoms with Crippen LogP contribution in [0.1, 0.15) is 30.4 Å². The van der Waals surface area contributed by atoms with E-state index in [4.69, 9.17) is 9.47 Å². The van der Waals surface area contributed by atoms with Gasteiger partial charge in [0.25, 0.3) is 11.1 Å². The molecule has 0 aliphatic carbocycles. The maximum atomic E-state index is 12.6. The summed E-state index contributed by atoms with van der Waals surface area (Å²) < 4.78 is 10.6. The van der Waals surface area contributed by atoms with Crippen LogP contribution in [-0.4, -0.2) is 41.8 Å². The third-order valence-corrected chi connectivity index (χ3v) is 5.99. The highest BCUT2D eigenvalue weighted by Crippen LogP contribution is 2.36. The van der Waals surface area contributed by atoms with E-state index in [0.717, 1.165) is 27.8 Å². The average Bonchev–Trinajstić information content (AvgIpc) is 3.33. The Bertz CT molecular complexity index is 1040. The van der Waals surface area contributed by atoms with Crippen LogP contribution in [-0.2, 0) is 9.59 Å². The normalized spacial score (nSPS) is 17.3. The molecule has 0 radical (unpaired) electrons. The van der Waals surface area contributed by atoms with Crippen LogP contribution in [0.2, 0.25) is 0 Å². The van der Waals surface area contributed by atoms with E-state index in [-0.39, 0.29) is 42.9 Å². The number of rotatable bonds is 7. The number of nitrogens with one attached hydrogen (secondary N) is 1. The highest BCUT2D eigenvalue weighted by atomic mass is 32.2. The van der Waals surface area contributed by atoms with Gasteiger partial charge < -0.3 is 14.8 Å². The van der Waals surface area contributed by atoms with Crippen LogP contribution in [0.4, 0.5) is 4.79 Å². The molecule has 160 valence electrons. The molecule has 0 spiro atoms. The van der Waals surface area contributed by atoms with Gasteiger partial charge in [0, 0.05) is 19.5 Å². The molecule has 7 nitrogen and oxygen atoms in total. The van der Waals surface area contributed by atoms with Gasteiger partial charge in [-0.05, 0) is 47.0 Å². The zero-order valence-corrected chi connectivity index (χ0v) is 17.8. The Morgan fingerprint density at radius 3 is 2.74 bits per heavy atom. The van der Waals surface area contributed by atoms with Crippen molar-refractivity contribution in [2.24, 2.45) is 0 Å². The largest absolute Gasteiger partial charge is 0.454 e. The second-order valence-corrected chi connectivity index (χ2v) is 8.31. The summed E-state index contributed by atoms with van der Waals surface area (Å²) in [4.78, 5) is 38.6. The Kier molecular flexibility index (Phi) is 6.27. The van der Waals surface area contributed by atoms with Crippen molar-refractivity contribution in [3.63, 3.8) is 0 Å². The lowest BCUT2D eigenvalue weighted by Gasteiger charge is -2.15. The molecule has 31 heavy (non-hydrogen) atoms. The van der Waals surface area contributed by atoms with Gasteiger partial charge >= 0.3 is 0 Å². The summed E-state index contributed by atoms with van der Waals surface area (Å²) in [6, 6.07) is 15.1. The van der Waals surface area contributed by atoms with E-state index in [1.54, 1.807) is 24.3 Å². The van der Waals surface area contributed by atoms with E-state index >= 15 is 0 Å². The minimum Gasteiger partial charge on any atom is -0.454 e. The molecule has 1 atom stereocenters. The second-order valence-electron chi connectivity index (χ2n) is 7.31. The fourth-order valence-electron chi connectivity index (χ4n) is 3.40. The first kappa shape index (κ1) is 21.0. The van der Waals surface area contributed by atoms with Crippen molar-refractivity contribution in [3.8, 4) is 11.5 Å². The molecule has 1 saturated heterocycles. The van der Waals surface area contributed by atoms with Crippen LogP contribution in [0.5, 0.6) is 11.5 Å². The van der Waals surface area contributed by atoms with Crippen molar-refractivity contribution in [2.75, 3.05) is 19.9 Å². The molecule has 1 unspecified atom stereocenters. The summed E-state index contributed by atoms with van der Waals surface area (Å²) in [6.45, 7) is 2.52. The number of hydrogen-bond donors (Lipinski definition) is 1. The van der Waals surface area contributed by atoms with E-state index in [0.29, 0.717) is 22.8 Å². The number of fused-ring (bicyclic) bond motifs is 1. The number of hydrogen-bond acceptors (Lipinski definition) is 6. The van der Waals surface area contributed by atoms with Crippen molar-refractivity contribution in [1.29, 1.82) is 0 Å². The molecule has 3 amide bonds. The Balaban J connectivity index is 1.30. The lowest BCUT2D eigenvalue weighted by atomic mass is 9.98. The van der Waals surface area contributed by atoms with Crippen molar-refractivity contribution >= 4 is 34.9 Å². The van der Waals surface area contributed by atoms with Crippen molar-refractivity contribution in [3.05, 3.63) is 64.6 Å². The van der Waals surface area contributed by atoms with Gasteiger partial charge in [0.05, 0.1) is 4.91 Å². The van der Waals surface area contributed by atoms with Gasteiger partial charge in [0.15, 0.2) is 11.5 Å². The zero-order chi connectivity index (χ0) is 21.8. The standard InChI is InChI=1S/C23H22N2O5S/c1-15(17-5-3-2-4-6-17)11-21(26)24-9-10-25-22(27)20(31-23(25)28)13-16-7-8-18-19(12-16)30-14-29-18/h2-8,12-13,15H,9-11,14H2,1H3,(H,24,26)/b20-13-. The van der Waals surface area contributed by atoms with Crippen LogP contribution < -0.4 is 14.8 Å². The lowest BCUT2D eigenvalue weighted by Crippen LogP contribution is -2.37.